The summed E-state index contributed by atoms with van der Waals surface area (Å²) in [6.07, 6.45) is 2.81. The second-order valence-electron chi connectivity index (χ2n) is 3.11. The quantitative estimate of drug-likeness (QED) is 0.812. The predicted octanol–water partition coefficient (Wildman–Crippen LogP) is 3.00. The zero-order valence-electron chi connectivity index (χ0n) is 7.42. The standard InChI is InChI=1S/C10H11BrO2/c1-12-10-5-4-8(6-9(10)11)13-7-2-3-7/h4-7H,2-3H2,1H3. The van der Waals surface area contributed by atoms with E-state index in [1.54, 1.807) is 7.11 Å². The molecule has 0 atom stereocenters. The van der Waals surface area contributed by atoms with Crippen LogP contribution in [0.15, 0.2) is 22.7 Å². The maximum absolute atomic E-state index is 5.62. The Kier molecular flexibility index (Phi) is 2.44. The highest BCUT2D eigenvalue weighted by molar-refractivity contribution is 9.10. The van der Waals surface area contributed by atoms with Gasteiger partial charge in [0.15, 0.2) is 0 Å². The number of halogens is 1. The van der Waals surface area contributed by atoms with Crippen molar-refractivity contribution in [3.63, 3.8) is 0 Å². The molecule has 0 aliphatic heterocycles. The van der Waals surface area contributed by atoms with E-state index in [0.717, 1.165) is 16.0 Å². The van der Waals surface area contributed by atoms with Crippen molar-refractivity contribution in [3.8, 4) is 11.5 Å². The van der Waals surface area contributed by atoms with Gasteiger partial charge in [-0.05, 0) is 47.0 Å². The van der Waals surface area contributed by atoms with Crippen molar-refractivity contribution in [3.05, 3.63) is 22.7 Å². The molecule has 1 aromatic rings. The number of hydrogen-bond acceptors (Lipinski definition) is 2. The molecular formula is C10H11BrO2. The van der Waals surface area contributed by atoms with Gasteiger partial charge in [-0.2, -0.15) is 0 Å². The molecule has 1 fully saturated rings. The molecule has 0 spiro atoms. The lowest BCUT2D eigenvalue weighted by atomic mass is 10.3. The van der Waals surface area contributed by atoms with E-state index in [0.29, 0.717) is 6.10 Å². The van der Waals surface area contributed by atoms with Crippen LogP contribution >= 0.6 is 15.9 Å². The van der Waals surface area contributed by atoms with Gasteiger partial charge in [-0.25, -0.2) is 0 Å². The van der Waals surface area contributed by atoms with Crippen molar-refractivity contribution in [1.82, 2.24) is 0 Å². The molecule has 0 aromatic heterocycles. The van der Waals surface area contributed by atoms with Gasteiger partial charge in [0.25, 0.3) is 0 Å². The van der Waals surface area contributed by atoms with E-state index < -0.39 is 0 Å². The van der Waals surface area contributed by atoms with Crippen LogP contribution in [-0.4, -0.2) is 13.2 Å². The number of ether oxygens (including phenoxy) is 2. The van der Waals surface area contributed by atoms with E-state index in [1.807, 2.05) is 18.2 Å². The summed E-state index contributed by atoms with van der Waals surface area (Å²) in [6.45, 7) is 0. The molecule has 1 saturated carbocycles. The van der Waals surface area contributed by atoms with Gasteiger partial charge in [-0.15, -0.1) is 0 Å². The zero-order valence-corrected chi connectivity index (χ0v) is 9.00. The van der Waals surface area contributed by atoms with Crippen molar-refractivity contribution >= 4 is 15.9 Å². The molecule has 0 amide bonds. The molecule has 2 rings (SSSR count). The molecule has 0 radical (unpaired) electrons. The minimum Gasteiger partial charge on any atom is -0.496 e. The van der Waals surface area contributed by atoms with Crippen molar-refractivity contribution < 1.29 is 9.47 Å². The number of rotatable bonds is 3. The smallest absolute Gasteiger partial charge is 0.133 e. The SMILES string of the molecule is COc1ccc(OC2CC2)cc1Br. The summed E-state index contributed by atoms with van der Waals surface area (Å²) >= 11 is 3.41. The van der Waals surface area contributed by atoms with Crippen LogP contribution in [-0.2, 0) is 0 Å². The Balaban J connectivity index is 2.13. The Morgan fingerprint density at radius 3 is 2.69 bits per heavy atom. The van der Waals surface area contributed by atoms with Crippen LogP contribution in [0.3, 0.4) is 0 Å². The fourth-order valence-electron chi connectivity index (χ4n) is 1.10. The molecule has 1 aromatic carbocycles. The molecule has 0 bridgehead atoms. The molecule has 13 heavy (non-hydrogen) atoms. The van der Waals surface area contributed by atoms with E-state index in [9.17, 15) is 0 Å². The van der Waals surface area contributed by atoms with Gasteiger partial charge in [-0.3, -0.25) is 0 Å². The molecule has 1 aliphatic carbocycles. The second kappa shape index (κ2) is 3.58. The maximum Gasteiger partial charge on any atom is 0.133 e. The Bertz CT molecular complexity index is 308. The molecule has 0 heterocycles. The highest BCUT2D eigenvalue weighted by atomic mass is 79.9. The lowest BCUT2D eigenvalue weighted by Gasteiger charge is -2.07. The molecular weight excluding hydrogens is 232 g/mol. The molecule has 2 nitrogen and oxygen atoms in total. The van der Waals surface area contributed by atoms with E-state index in [2.05, 4.69) is 15.9 Å². The van der Waals surface area contributed by atoms with Gasteiger partial charge in [0, 0.05) is 0 Å². The third kappa shape index (κ3) is 2.15. The second-order valence-corrected chi connectivity index (χ2v) is 3.97. The van der Waals surface area contributed by atoms with Crippen LogP contribution in [0.5, 0.6) is 11.5 Å². The summed E-state index contributed by atoms with van der Waals surface area (Å²) < 4.78 is 11.7. The van der Waals surface area contributed by atoms with E-state index in [1.165, 1.54) is 12.8 Å². The molecule has 1 aliphatic rings. The first kappa shape index (κ1) is 8.88. The van der Waals surface area contributed by atoms with E-state index in [4.69, 9.17) is 9.47 Å². The first-order valence-electron chi connectivity index (χ1n) is 4.30. The third-order valence-corrected chi connectivity index (χ3v) is 2.57. The van der Waals surface area contributed by atoms with Gasteiger partial charge in [-0.1, -0.05) is 0 Å². The Morgan fingerprint density at radius 1 is 1.38 bits per heavy atom. The molecule has 0 N–H and O–H groups in total. The van der Waals surface area contributed by atoms with Gasteiger partial charge >= 0.3 is 0 Å². The Labute approximate surface area is 86.0 Å². The lowest BCUT2D eigenvalue weighted by molar-refractivity contribution is 0.302. The largest absolute Gasteiger partial charge is 0.496 e. The van der Waals surface area contributed by atoms with Crippen molar-refractivity contribution in [2.45, 2.75) is 18.9 Å². The number of hydrogen-bond donors (Lipinski definition) is 0. The summed E-state index contributed by atoms with van der Waals surface area (Å²) in [6, 6.07) is 5.78. The Hall–Kier alpha value is -0.700. The summed E-state index contributed by atoms with van der Waals surface area (Å²) in [5.41, 5.74) is 0. The van der Waals surface area contributed by atoms with Crippen molar-refractivity contribution in [2.24, 2.45) is 0 Å². The number of benzene rings is 1. The van der Waals surface area contributed by atoms with Crippen LogP contribution in [0.25, 0.3) is 0 Å². The van der Waals surface area contributed by atoms with Crippen LogP contribution in [0.2, 0.25) is 0 Å². The molecule has 0 saturated heterocycles. The van der Waals surface area contributed by atoms with Crippen LogP contribution in [0, 0.1) is 0 Å². The summed E-state index contributed by atoms with van der Waals surface area (Å²) in [5, 5.41) is 0. The molecule has 70 valence electrons. The van der Waals surface area contributed by atoms with Crippen LogP contribution < -0.4 is 9.47 Å². The van der Waals surface area contributed by atoms with Gasteiger partial charge in [0.2, 0.25) is 0 Å². The first-order chi connectivity index (χ1) is 6.29. The van der Waals surface area contributed by atoms with Crippen LogP contribution in [0.1, 0.15) is 12.8 Å². The normalized spacial score (nSPS) is 15.5. The maximum atomic E-state index is 5.62. The van der Waals surface area contributed by atoms with Crippen molar-refractivity contribution in [2.75, 3.05) is 7.11 Å². The highest BCUT2D eigenvalue weighted by Crippen LogP contribution is 2.32. The summed E-state index contributed by atoms with van der Waals surface area (Å²) in [5.74, 6) is 1.75. The third-order valence-electron chi connectivity index (χ3n) is 1.95. The fourth-order valence-corrected chi connectivity index (χ4v) is 1.62. The van der Waals surface area contributed by atoms with Gasteiger partial charge in [0.05, 0.1) is 17.7 Å². The Morgan fingerprint density at radius 2 is 2.15 bits per heavy atom. The van der Waals surface area contributed by atoms with E-state index in [-0.39, 0.29) is 0 Å². The zero-order chi connectivity index (χ0) is 9.26. The summed E-state index contributed by atoms with van der Waals surface area (Å²) in [4.78, 5) is 0. The topological polar surface area (TPSA) is 18.5 Å². The fraction of sp³-hybridized carbons (Fsp3) is 0.400. The van der Waals surface area contributed by atoms with Gasteiger partial charge < -0.3 is 9.47 Å². The molecule has 0 unspecified atom stereocenters. The number of methoxy groups -OCH3 is 1. The minimum atomic E-state index is 0.445. The average Bonchev–Trinajstić information content (AvgIpc) is 2.89. The first-order valence-corrected chi connectivity index (χ1v) is 5.09. The minimum absolute atomic E-state index is 0.445. The highest BCUT2D eigenvalue weighted by Gasteiger charge is 2.23. The van der Waals surface area contributed by atoms with Gasteiger partial charge in [0.1, 0.15) is 11.5 Å². The van der Waals surface area contributed by atoms with Crippen LogP contribution in [0.4, 0.5) is 0 Å². The van der Waals surface area contributed by atoms with E-state index >= 15 is 0 Å². The summed E-state index contributed by atoms with van der Waals surface area (Å²) in [7, 11) is 1.65. The monoisotopic (exact) mass is 242 g/mol. The predicted molar refractivity (Wildman–Crippen MR) is 54.3 cm³/mol. The average molecular weight is 243 g/mol. The van der Waals surface area contributed by atoms with Crippen molar-refractivity contribution in [1.29, 1.82) is 0 Å². The lowest BCUT2D eigenvalue weighted by Crippen LogP contribution is -1.95. The molecule has 3 heteroatoms.